The van der Waals surface area contributed by atoms with Crippen molar-refractivity contribution in [3.05, 3.63) is 0 Å². The summed E-state index contributed by atoms with van der Waals surface area (Å²) in [5.74, 6) is 0.396. The van der Waals surface area contributed by atoms with E-state index >= 15 is 0 Å². The summed E-state index contributed by atoms with van der Waals surface area (Å²) in [6.07, 6.45) is 2.95. The van der Waals surface area contributed by atoms with E-state index < -0.39 is 0 Å². The molecular formula is C10H22O2. The second kappa shape index (κ2) is 5.55. The highest BCUT2D eigenvalue weighted by molar-refractivity contribution is 4.82. The Hall–Kier alpha value is -0.0800. The molecule has 2 heteroatoms. The SMILES string of the molecule is CCCC(CO)(CO)C(C)CC. The van der Waals surface area contributed by atoms with Crippen molar-refractivity contribution in [2.24, 2.45) is 11.3 Å². The maximum absolute atomic E-state index is 9.25. The zero-order valence-electron chi connectivity index (χ0n) is 8.51. The molecule has 2 N–H and O–H groups in total. The van der Waals surface area contributed by atoms with Gasteiger partial charge in [0, 0.05) is 5.41 Å². The fraction of sp³-hybridized carbons (Fsp3) is 1.00. The van der Waals surface area contributed by atoms with Crippen LogP contribution in [0.1, 0.15) is 40.0 Å². The third-order valence-corrected chi connectivity index (χ3v) is 3.04. The van der Waals surface area contributed by atoms with E-state index in [9.17, 15) is 10.2 Å². The van der Waals surface area contributed by atoms with E-state index in [-0.39, 0.29) is 18.6 Å². The minimum absolute atomic E-state index is 0.104. The van der Waals surface area contributed by atoms with Gasteiger partial charge in [-0.2, -0.15) is 0 Å². The van der Waals surface area contributed by atoms with E-state index in [2.05, 4.69) is 20.8 Å². The van der Waals surface area contributed by atoms with Crippen LogP contribution in [0.15, 0.2) is 0 Å². The average molecular weight is 174 g/mol. The maximum Gasteiger partial charge on any atom is 0.0511 e. The molecule has 0 saturated carbocycles. The van der Waals surface area contributed by atoms with Gasteiger partial charge in [0.15, 0.2) is 0 Å². The van der Waals surface area contributed by atoms with Crippen LogP contribution in [0.2, 0.25) is 0 Å². The molecule has 0 bridgehead atoms. The van der Waals surface area contributed by atoms with Crippen molar-refractivity contribution in [3.63, 3.8) is 0 Å². The van der Waals surface area contributed by atoms with Crippen LogP contribution in [0.4, 0.5) is 0 Å². The van der Waals surface area contributed by atoms with Gasteiger partial charge in [-0.1, -0.05) is 33.6 Å². The Morgan fingerprint density at radius 2 is 1.67 bits per heavy atom. The van der Waals surface area contributed by atoms with Gasteiger partial charge in [-0.3, -0.25) is 0 Å². The number of hydrogen-bond donors (Lipinski definition) is 2. The Labute approximate surface area is 75.6 Å². The summed E-state index contributed by atoms with van der Waals surface area (Å²) in [6, 6.07) is 0. The van der Waals surface area contributed by atoms with Gasteiger partial charge in [0.1, 0.15) is 0 Å². The smallest absolute Gasteiger partial charge is 0.0511 e. The van der Waals surface area contributed by atoms with Gasteiger partial charge in [-0.25, -0.2) is 0 Å². The van der Waals surface area contributed by atoms with Crippen LogP contribution in [0.3, 0.4) is 0 Å². The number of hydrogen-bond acceptors (Lipinski definition) is 2. The highest BCUT2D eigenvalue weighted by Gasteiger charge is 2.32. The lowest BCUT2D eigenvalue weighted by atomic mass is 9.73. The van der Waals surface area contributed by atoms with Crippen molar-refractivity contribution in [3.8, 4) is 0 Å². The molecular weight excluding hydrogens is 152 g/mol. The Morgan fingerprint density at radius 3 is 1.92 bits per heavy atom. The van der Waals surface area contributed by atoms with Crippen LogP contribution in [0.5, 0.6) is 0 Å². The van der Waals surface area contributed by atoms with Gasteiger partial charge in [0.2, 0.25) is 0 Å². The Kier molecular flexibility index (Phi) is 5.51. The van der Waals surface area contributed by atoms with Crippen LogP contribution in [0, 0.1) is 11.3 Å². The zero-order chi connectivity index (χ0) is 9.61. The molecule has 0 aromatic rings. The van der Waals surface area contributed by atoms with Crippen molar-refractivity contribution in [2.45, 2.75) is 40.0 Å². The van der Waals surface area contributed by atoms with Crippen molar-refractivity contribution in [1.29, 1.82) is 0 Å². The topological polar surface area (TPSA) is 40.5 Å². The molecule has 1 unspecified atom stereocenters. The second-order valence-corrected chi connectivity index (χ2v) is 3.74. The zero-order valence-corrected chi connectivity index (χ0v) is 8.51. The lowest BCUT2D eigenvalue weighted by Crippen LogP contribution is -2.36. The molecule has 0 aliphatic heterocycles. The molecule has 0 aliphatic carbocycles. The van der Waals surface area contributed by atoms with E-state index in [1.165, 1.54) is 0 Å². The first-order valence-electron chi connectivity index (χ1n) is 4.88. The van der Waals surface area contributed by atoms with Gasteiger partial charge in [0.25, 0.3) is 0 Å². The molecule has 0 aromatic carbocycles. The molecule has 0 radical (unpaired) electrons. The maximum atomic E-state index is 9.25. The fourth-order valence-electron chi connectivity index (χ4n) is 1.70. The molecule has 0 amide bonds. The van der Waals surface area contributed by atoms with Crippen LogP contribution in [0.25, 0.3) is 0 Å². The second-order valence-electron chi connectivity index (χ2n) is 3.74. The van der Waals surface area contributed by atoms with Crippen LogP contribution < -0.4 is 0 Å². The minimum atomic E-state index is -0.247. The molecule has 0 aromatic heterocycles. The third kappa shape index (κ3) is 2.46. The summed E-state index contributed by atoms with van der Waals surface area (Å²) < 4.78 is 0. The minimum Gasteiger partial charge on any atom is -0.396 e. The van der Waals surface area contributed by atoms with Crippen molar-refractivity contribution >= 4 is 0 Å². The largest absolute Gasteiger partial charge is 0.396 e. The number of aliphatic hydroxyl groups is 2. The van der Waals surface area contributed by atoms with Crippen LogP contribution >= 0.6 is 0 Å². The monoisotopic (exact) mass is 174 g/mol. The van der Waals surface area contributed by atoms with Crippen molar-refractivity contribution < 1.29 is 10.2 Å². The summed E-state index contributed by atoms with van der Waals surface area (Å²) in [5.41, 5.74) is -0.247. The van der Waals surface area contributed by atoms with E-state index in [1.54, 1.807) is 0 Å². The normalized spacial score (nSPS) is 14.8. The predicted molar refractivity (Wildman–Crippen MR) is 51.0 cm³/mol. The van der Waals surface area contributed by atoms with E-state index in [0.29, 0.717) is 5.92 Å². The van der Waals surface area contributed by atoms with Gasteiger partial charge in [0.05, 0.1) is 13.2 Å². The van der Waals surface area contributed by atoms with E-state index in [1.807, 2.05) is 0 Å². The number of rotatable bonds is 6. The third-order valence-electron chi connectivity index (χ3n) is 3.04. The number of aliphatic hydroxyl groups excluding tert-OH is 2. The molecule has 2 nitrogen and oxygen atoms in total. The van der Waals surface area contributed by atoms with Crippen molar-refractivity contribution in [2.75, 3.05) is 13.2 Å². The molecule has 0 rings (SSSR count). The molecule has 12 heavy (non-hydrogen) atoms. The molecule has 0 saturated heterocycles. The fourth-order valence-corrected chi connectivity index (χ4v) is 1.70. The average Bonchev–Trinajstić information content (AvgIpc) is 2.13. The summed E-state index contributed by atoms with van der Waals surface area (Å²) >= 11 is 0. The first-order valence-corrected chi connectivity index (χ1v) is 4.88. The van der Waals surface area contributed by atoms with E-state index in [4.69, 9.17) is 0 Å². The predicted octanol–water partition coefficient (Wildman–Crippen LogP) is 1.80. The van der Waals surface area contributed by atoms with Crippen LogP contribution in [-0.2, 0) is 0 Å². The van der Waals surface area contributed by atoms with E-state index in [0.717, 1.165) is 19.3 Å². The Morgan fingerprint density at radius 1 is 1.17 bits per heavy atom. The molecule has 0 spiro atoms. The molecule has 0 heterocycles. The highest BCUT2D eigenvalue weighted by Crippen LogP contribution is 2.33. The summed E-state index contributed by atoms with van der Waals surface area (Å²) in [5, 5.41) is 18.5. The van der Waals surface area contributed by atoms with Gasteiger partial charge in [-0.05, 0) is 12.3 Å². The summed E-state index contributed by atoms with van der Waals surface area (Å²) in [6.45, 7) is 6.49. The van der Waals surface area contributed by atoms with Gasteiger partial charge in [-0.15, -0.1) is 0 Å². The van der Waals surface area contributed by atoms with Gasteiger partial charge < -0.3 is 10.2 Å². The Bertz CT molecular complexity index is 108. The highest BCUT2D eigenvalue weighted by atomic mass is 16.3. The lowest BCUT2D eigenvalue weighted by molar-refractivity contribution is 0.000771. The summed E-state index contributed by atoms with van der Waals surface area (Å²) in [7, 11) is 0. The molecule has 74 valence electrons. The Balaban J connectivity index is 4.33. The molecule has 0 aliphatic rings. The standard InChI is InChI=1S/C10H22O2/c1-4-6-10(7-11,8-12)9(3)5-2/h9,11-12H,4-8H2,1-3H3. The first kappa shape index (κ1) is 11.9. The first-order chi connectivity index (χ1) is 5.66. The summed E-state index contributed by atoms with van der Waals surface area (Å²) in [4.78, 5) is 0. The van der Waals surface area contributed by atoms with Crippen LogP contribution in [-0.4, -0.2) is 23.4 Å². The van der Waals surface area contributed by atoms with Crippen molar-refractivity contribution in [1.82, 2.24) is 0 Å². The lowest BCUT2D eigenvalue weighted by Gasteiger charge is -2.35. The molecule has 1 atom stereocenters. The van der Waals surface area contributed by atoms with Gasteiger partial charge >= 0.3 is 0 Å². The quantitative estimate of drug-likeness (QED) is 0.644. The molecule has 0 fully saturated rings.